The van der Waals surface area contributed by atoms with Crippen molar-refractivity contribution < 1.29 is 9.90 Å². The number of thiazole rings is 1. The third kappa shape index (κ3) is 1.51. The highest BCUT2D eigenvalue weighted by atomic mass is 32.1. The van der Waals surface area contributed by atoms with Gasteiger partial charge in [-0.3, -0.25) is 9.69 Å². The van der Waals surface area contributed by atoms with Crippen molar-refractivity contribution in [3.63, 3.8) is 0 Å². The van der Waals surface area contributed by atoms with Crippen molar-refractivity contribution in [2.45, 2.75) is 13.5 Å². The van der Waals surface area contributed by atoms with Crippen LogP contribution in [0.3, 0.4) is 0 Å². The normalized spacial score (nSPS) is 14.2. The van der Waals surface area contributed by atoms with Crippen molar-refractivity contribution in [2.24, 2.45) is 0 Å². The summed E-state index contributed by atoms with van der Waals surface area (Å²) >= 11 is 1.44. The lowest BCUT2D eigenvalue weighted by atomic mass is 10.1. The predicted octanol–water partition coefficient (Wildman–Crippen LogP) is 2.32. The molecule has 0 radical (unpaired) electrons. The fraction of sp³-hybridized carbons (Fsp3) is 0.167. The van der Waals surface area contributed by atoms with Crippen molar-refractivity contribution in [3.05, 3.63) is 40.4 Å². The summed E-state index contributed by atoms with van der Waals surface area (Å²) < 4.78 is 0. The third-order valence-corrected chi connectivity index (χ3v) is 3.76. The number of fused-ring (bicyclic) bond motifs is 1. The Hall–Kier alpha value is -1.88. The quantitative estimate of drug-likeness (QED) is 0.840. The van der Waals surface area contributed by atoms with Crippen LogP contribution in [0.2, 0.25) is 0 Å². The van der Waals surface area contributed by atoms with E-state index in [1.165, 1.54) is 11.3 Å². The van der Waals surface area contributed by atoms with Crippen LogP contribution in [0.5, 0.6) is 5.75 Å². The first-order valence-electron chi connectivity index (χ1n) is 5.21. The van der Waals surface area contributed by atoms with Crippen molar-refractivity contribution in [2.75, 3.05) is 4.90 Å². The first-order valence-corrected chi connectivity index (χ1v) is 6.09. The summed E-state index contributed by atoms with van der Waals surface area (Å²) in [4.78, 5) is 18.0. The molecule has 0 aliphatic carbocycles. The Kier molecular flexibility index (Phi) is 2.16. The molecular formula is C12H10N2O2S. The van der Waals surface area contributed by atoms with Crippen molar-refractivity contribution >= 4 is 22.4 Å². The van der Waals surface area contributed by atoms with E-state index in [2.05, 4.69) is 4.98 Å². The fourth-order valence-electron chi connectivity index (χ4n) is 1.94. The minimum absolute atomic E-state index is 0.0924. The van der Waals surface area contributed by atoms with Crippen LogP contribution < -0.4 is 4.90 Å². The van der Waals surface area contributed by atoms with Crippen molar-refractivity contribution in [1.82, 2.24) is 4.98 Å². The first kappa shape index (κ1) is 10.3. The minimum Gasteiger partial charge on any atom is -0.508 e. The minimum atomic E-state index is -0.0924. The van der Waals surface area contributed by atoms with Crippen LogP contribution in [-0.4, -0.2) is 16.0 Å². The van der Waals surface area contributed by atoms with Gasteiger partial charge < -0.3 is 5.11 Å². The fourth-order valence-corrected chi connectivity index (χ4v) is 2.74. The number of aryl methyl sites for hydroxylation is 1. The number of phenols is 1. The highest BCUT2D eigenvalue weighted by Gasteiger charge is 2.31. The molecule has 1 aliphatic rings. The number of nitrogens with zero attached hydrogens (tertiary/aromatic N) is 2. The van der Waals surface area contributed by atoms with Gasteiger partial charge in [-0.15, -0.1) is 11.3 Å². The number of hydrogen-bond donors (Lipinski definition) is 1. The Bertz CT molecular complexity index is 606. The van der Waals surface area contributed by atoms with E-state index in [4.69, 9.17) is 0 Å². The van der Waals surface area contributed by atoms with Crippen LogP contribution in [0.25, 0.3) is 0 Å². The Balaban J connectivity index is 2.04. The van der Waals surface area contributed by atoms with E-state index >= 15 is 0 Å². The van der Waals surface area contributed by atoms with Crippen molar-refractivity contribution in [1.29, 1.82) is 0 Å². The van der Waals surface area contributed by atoms with E-state index in [0.29, 0.717) is 22.8 Å². The summed E-state index contributed by atoms with van der Waals surface area (Å²) in [7, 11) is 0. The Morgan fingerprint density at radius 3 is 2.94 bits per heavy atom. The van der Waals surface area contributed by atoms with Crippen LogP contribution in [-0.2, 0) is 6.54 Å². The zero-order valence-electron chi connectivity index (χ0n) is 9.17. The number of aromatic nitrogens is 1. The molecule has 5 heteroatoms. The molecule has 0 fully saturated rings. The van der Waals surface area contributed by atoms with Gasteiger partial charge in [-0.05, 0) is 19.1 Å². The highest BCUT2D eigenvalue weighted by molar-refractivity contribution is 7.14. The van der Waals surface area contributed by atoms with E-state index in [1.807, 2.05) is 12.3 Å². The molecular weight excluding hydrogens is 236 g/mol. The number of anilines is 1. The van der Waals surface area contributed by atoms with Crippen LogP contribution in [0.4, 0.5) is 5.13 Å². The molecule has 3 rings (SSSR count). The predicted molar refractivity (Wildman–Crippen MR) is 65.5 cm³/mol. The molecule has 4 nitrogen and oxygen atoms in total. The molecule has 2 heterocycles. The van der Waals surface area contributed by atoms with Gasteiger partial charge in [0.05, 0.1) is 12.2 Å². The van der Waals surface area contributed by atoms with Gasteiger partial charge in [0.2, 0.25) is 0 Å². The average Bonchev–Trinajstić information content (AvgIpc) is 2.85. The number of carbonyl (C=O) groups excluding carboxylic acids is 1. The molecule has 0 bridgehead atoms. The van der Waals surface area contributed by atoms with Crippen LogP contribution >= 0.6 is 11.3 Å². The zero-order chi connectivity index (χ0) is 12.0. The van der Waals surface area contributed by atoms with Gasteiger partial charge in [-0.1, -0.05) is 6.07 Å². The molecule has 0 atom stereocenters. The number of rotatable bonds is 1. The molecule has 1 N–H and O–H groups in total. The SMILES string of the molecule is Cc1csc(N2Cc3c(O)cccc3C2=O)n1. The van der Waals surface area contributed by atoms with E-state index in [0.717, 1.165) is 5.69 Å². The summed E-state index contributed by atoms with van der Waals surface area (Å²) in [6.07, 6.45) is 0. The molecule has 86 valence electrons. The maximum absolute atomic E-state index is 12.1. The molecule has 17 heavy (non-hydrogen) atoms. The number of benzene rings is 1. The molecule has 1 amide bonds. The Morgan fingerprint density at radius 2 is 2.29 bits per heavy atom. The number of aromatic hydroxyl groups is 1. The van der Waals surface area contributed by atoms with E-state index in [1.54, 1.807) is 23.1 Å². The second kappa shape index (κ2) is 3.56. The highest BCUT2D eigenvalue weighted by Crippen LogP contribution is 2.34. The first-order chi connectivity index (χ1) is 8.16. The smallest absolute Gasteiger partial charge is 0.260 e. The summed E-state index contributed by atoms with van der Waals surface area (Å²) in [5.41, 5.74) is 2.15. The lowest BCUT2D eigenvalue weighted by molar-refractivity contribution is 0.0996. The molecule has 1 aliphatic heterocycles. The average molecular weight is 246 g/mol. The largest absolute Gasteiger partial charge is 0.508 e. The van der Waals surface area contributed by atoms with Gasteiger partial charge in [0.15, 0.2) is 5.13 Å². The summed E-state index contributed by atoms with van der Waals surface area (Å²) in [5.74, 6) is 0.0804. The topological polar surface area (TPSA) is 53.4 Å². The molecule has 2 aromatic rings. The third-order valence-electron chi connectivity index (χ3n) is 2.78. The number of carbonyl (C=O) groups is 1. The summed E-state index contributed by atoms with van der Waals surface area (Å²) in [5, 5.41) is 12.3. The summed E-state index contributed by atoms with van der Waals surface area (Å²) in [6.45, 7) is 2.29. The van der Waals surface area contributed by atoms with Crippen LogP contribution in [0.15, 0.2) is 23.6 Å². The van der Waals surface area contributed by atoms with Gasteiger partial charge in [-0.2, -0.15) is 0 Å². The van der Waals surface area contributed by atoms with Gasteiger partial charge in [0, 0.05) is 16.5 Å². The van der Waals surface area contributed by atoms with Crippen LogP contribution in [0, 0.1) is 6.92 Å². The zero-order valence-corrected chi connectivity index (χ0v) is 9.99. The second-order valence-corrected chi connectivity index (χ2v) is 4.80. The molecule has 1 aromatic heterocycles. The molecule has 0 spiro atoms. The number of amides is 1. The number of hydrogen-bond acceptors (Lipinski definition) is 4. The Labute approximate surface area is 102 Å². The number of phenolic OH excluding ortho intramolecular Hbond substituents is 1. The lowest BCUT2D eigenvalue weighted by Gasteiger charge is -2.10. The Morgan fingerprint density at radius 1 is 1.47 bits per heavy atom. The maximum atomic E-state index is 12.1. The maximum Gasteiger partial charge on any atom is 0.260 e. The molecule has 0 unspecified atom stereocenters. The van der Waals surface area contributed by atoms with E-state index in [9.17, 15) is 9.90 Å². The lowest BCUT2D eigenvalue weighted by Crippen LogP contribution is -2.22. The van der Waals surface area contributed by atoms with E-state index < -0.39 is 0 Å². The van der Waals surface area contributed by atoms with Crippen molar-refractivity contribution in [3.8, 4) is 5.75 Å². The van der Waals surface area contributed by atoms with Gasteiger partial charge in [-0.25, -0.2) is 4.98 Å². The second-order valence-electron chi connectivity index (χ2n) is 3.97. The standard InChI is InChI=1S/C12H10N2O2S/c1-7-6-17-12(13-7)14-5-9-8(11(14)16)3-2-4-10(9)15/h2-4,6,15H,5H2,1H3. The van der Waals surface area contributed by atoms with Gasteiger partial charge >= 0.3 is 0 Å². The monoisotopic (exact) mass is 246 g/mol. The molecule has 1 aromatic carbocycles. The summed E-state index contributed by atoms with van der Waals surface area (Å²) in [6, 6.07) is 5.02. The molecule has 0 saturated heterocycles. The van der Waals surface area contributed by atoms with E-state index in [-0.39, 0.29) is 11.7 Å². The molecule has 0 saturated carbocycles. The van der Waals surface area contributed by atoms with Gasteiger partial charge in [0.25, 0.3) is 5.91 Å². The van der Waals surface area contributed by atoms with Crippen LogP contribution in [0.1, 0.15) is 21.6 Å². The van der Waals surface area contributed by atoms with Gasteiger partial charge in [0.1, 0.15) is 5.75 Å².